The largest absolute Gasteiger partial charge is 0.338 e. The van der Waals surface area contributed by atoms with Crippen LogP contribution in [0, 0.1) is 11.7 Å². The van der Waals surface area contributed by atoms with Gasteiger partial charge < -0.3 is 4.90 Å². The fraction of sp³-hybridized carbons (Fsp3) is 0.588. The first-order valence-electron chi connectivity index (χ1n) is 8.18. The number of rotatable bonds is 5. The molecule has 4 nitrogen and oxygen atoms in total. The van der Waals surface area contributed by atoms with Crippen molar-refractivity contribution >= 4 is 15.7 Å². The second kappa shape index (κ2) is 6.23. The van der Waals surface area contributed by atoms with E-state index in [1.54, 1.807) is 23.1 Å². The minimum absolute atomic E-state index is 0.0118. The first-order valence-corrected chi connectivity index (χ1v) is 10.0. The Hall–Kier alpha value is -1.43. The van der Waals surface area contributed by atoms with Crippen LogP contribution in [0.25, 0.3) is 0 Å². The summed E-state index contributed by atoms with van der Waals surface area (Å²) in [5.74, 6) is -0.328. The summed E-state index contributed by atoms with van der Waals surface area (Å²) in [6.07, 6.45) is 1.96. The molecule has 0 radical (unpaired) electrons. The van der Waals surface area contributed by atoms with Crippen molar-refractivity contribution in [3.8, 4) is 0 Å². The van der Waals surface area contributed by atoms with Crippen LogP contribution in [0.3, 0.4) is 0 Å². The van der Waals surface area contributed by atoms with Crippen LogP contribution in [-0.2, 0) is 14.6 Å². The second-order valence-electron chi connectivity index (χ2n) is 6.56. The van der Waals surface area contributed by atoms with Crippen molar-refractivity contribution in [1.29, 1.82) is 0 Å². The molecule has 1 heterocycles. The second-order valence-corrected chi connectivity index (χ2v) is 8.79. The zero-order valence-corrected chi connectivity index (χ0v) is 14.1. The SMILES string of the molecule is CCCN(C(=O)C1CC1c1ccccc1F)C1CCS(=O)(=O)C1. The number of hydrogen-bond donors (Lipinski definition) is 0. The number of sulfone groups is 1. The van der Waals surface area contributed by atoms with Crippen molar-refractivity contribution < 1.29 is 17.6 Å². The molecule has 126 valence electrons. The summed E-state index contributed by atoms with van der Waals surface area (Å²) in [6.45, 7) is 2.55. The zero-order chi connectivity index (χ0) is 16.6. The molecule has 1 amide bonds. The van der Waals surface area contributed by atoms with E-state index in [1.807, 2.05) is 6.92 Å². The van der Waals surface area contributed by atoms with Crippen LogP contribution in [0.4, 0.5) is 4.39 Å². The molecular formula is C17H22FNO3S. The number of amides is 1. The topological polar surface area (TPSA) is 54.5 Å². The highest BCUT2D eigenvalue weighted by atomic mass is 32.2. The molecule has 0 spiro atoms. The lowest BCUT2D eigenvalue weighted by Crippen LogP contribution is -2.42. The van der Waals surface area contributed by atoms with Gasteiger partial charge in [0, 0.05) is 18.5 Å². The van der Waals surface area contributed by atoms with E-state index in [4.69, 9.17) is 0 Å². The van der Waals surface area contributed by atoms with Gasteiger partial charge in [0.15, 0.2) is 9.84 Å². The fourth-order valence-electron chi connectivity index (χ4n) is 3.54. The van der Waals surface area contributed by atoms with Crippen LogP contribution in [0.1, 0.15) is 37.7 Å². The van der Waals surface area contributed by atoms with Crippen molar-refractivity contribution in [2.45, 2.75) is 38.1 Å². The molecule has 0 N–H and O–H groups in total. The van der Waals surface area contributed by atoms with E-state index in [1.165, 1.54) is 6.07 Å². The van der Waals surface area contributed by atoms with Crippen LogP contribution in [-0.4, -0.2) is 43.3 Å². The number of benzene rings is 1. The Labute approximate surface area is 136 Å². The zero-order valence-electron chi connectivity index (χ0n) is 13.2. The van der Waals surface area contributed by atoms with Gasteiger partial charge in [0.1, 0.15) is 5.82 Å². The van der Waals surface area contributed by atoms with Gasteiger partial charge in [-0.3, -0.25) is 4.79 Å². The predicted molar refractivity (Wildman–Crippen MR) is 86.3 cm³/mol. The van der Waals surface area contributed by atoms with E-state index < -0.39 is 9.84 Å². The lowest BCUT2D eigenvalue weighted by atomic mass is 10.1. The molecule has 1 saturated heterocycles. The Morgan fingerprint density at radius 2 is 2.09 bits per heavy atom. The third-order valence-corrected chi connectivity index (χ3v) is 6.56. The Bertz CT molecular complexity index is 704. The molecule has 1 aliphatic carbocycles. The number of hydrogen-bond acceptors (Lipinski definition) is 3. The van der Waals surface area contributed by atoms with Gasteiger partial charge in [-0.25, -0.2) is 12.8 Å². The van der Waals surface area contributed by atoms with Crippen LogP contribution in [0.15, 0.2) is 24.3 Å². The van der Waals surface area contributed by atoms with Gasteiger partial charge in [-0.15, -0.1) is 0 Å². The van der Waals surface area contributed by atoms with Crippen LogP contribution in [0.5, 0.6) is 0 Å². The van der Waals surface area contributed by atoms with E-state index in [-0.39, 0.29) is 41.1 Å². The van der Waals surface area contributed by atoms with Crippen LogP contribution >= 0.6 is 0 Å². The third-order valence-electron chi connectivity index (χ3n) is 4.81. The van der Waals surface area contributed by atoms with Gasteiger partial charge in [-0.1, -0.05) is 25.1 Å². The van der Waals surface area contributed by atoms with E-state index in [9.17, 15) is 17.6 Å². The van der Waals surface area contributed by atoms with Crippen molar-refractivity contribution in [1.82, 2.24) is 4.90 Å². The summed E-state index contributed by atoms with van der Waals surface area (Å²) in [5, 5.41) is 0. The Morgan fingerprint density at radius 3 is 2.70 bits per heavy atom. The van der Waals surface area contributed by atoms with Gasteiger partial charge in [0.05, 0.1) is 11.5 Å². The predicted octanol–water partition coefficient (Wildman–Crippen LogP) is 2.35. The minimum Gasteiger partial charge on any atom is -0.338 e. The summed E-state index contributed by atoms with van der Waals surface area (Å²) in [5.41, 5.74) is 0.598. The Balaban J connectivity index is 1.72. The fourth-order valence-corrected chi connectivity index (χ4v) is 5.27. The van der Waals surface area contributed by atoms with Crippen molar-refractivity contribution in [3.05, 3.63) is 35.6 Å². The quantitative estimate of drug-likeness (QED) is 0.827. The van der Waals surface area contributed by atoms with Gasteiger partial charge in [-0.2, -0.15) is 0 Å². The molecule has 0 bridgehead atoms. The normalized spacial score (nSPS) is 28.5. The molecule has 1 aromatic rings. The number of halogens is 1. The summed E-state index contributed by atoms with van der Waals surface area (Å²) in [4.78, 5) is 14.5. The number of carbonyl (C=O) groups excluding carboxylic acids is 1. The smallest absolute Gasteiger partial charge is 0.226 e. The van der Waals surface area contributed by atoms with Crippen molar-refractivity contribution in [2.24, 2.45) is 5.92 Å². The van der Waals surface area contributed by atoms with Gasteiger partial charge in [0.25, 0.3) is 0 Å². The molecule has 0 aromatic heterocycles. The summed E-state index contributed by atoms with van der Waals surface area (Å²) < 4.78 is 37.3. The van der Waals surface area contributed by atoms with E-state index in [2.05, 4.69) is 0 Å². The van der Waals surface area contributed by atoms with Crippen LogP contribution < -0.4 is 0 Å². The highest BCUT2D eigenvalue weighted by Crippen LogP contribution is 2.49. The minimum atomic E-state index is -3.02. The lowest BCUT2D eigenvalue weighted by Gasteiger charge is -2.28. The Kier molecular flexibility index (Phi) is 4.45. The van der Waals surface area contributed by atoms with Crippen molar-refractivity contribution in [2.75, 3.05) is 18.1 Å². The molecule has 6 heteroatoms. The average molecular weight is 339 g/mol. The maximum Gasteiger partial charge on any atom is 0.226 e. The molecule has 2 aliphatic rings. The van der Waals surface area contributed by atoms with E-state index >= 15 is 0 Å². The molecule has 1 saturated carbocycles. The van der Waals surface area contributed by atoms with Crippen molar-refractivity contribution in [3.63, 3.8) is 0 Å². The summed E-state index contributed by atoms with van der Waals surface area (Å²) in [7, 11) is -3.02. The monoisotopic (exact) mass is 339 g/mol. The average Bonchev–Trinajstić information content (AvgIpc) is 3.22. The number of nitrogens with zero attached hydrogens (tertiary/aromatic N) is 1. The van der Waals surface area contributed by atoms with Gasteiger partial charge >= 0.3 is 0 Å². The lowest BCUT2D eigenvalue weighted by molar-refractivity contribution is -0.134. The van der Waals surface area contributed by atoms with E-state index in [0.29, 0.717) is 24.9 Å². The number of carbonyl (C=O) groups is 1. The maximum atomic E-state index is 13.9. The molecule has 3 rings (SSSR count). The molecule has 23 heavy (non-hydrogen) atoms. The first-order chi connectivity index (χ1) is 10.9. The molecule has 3 unspecified atom stereocenters. The van der Waals surface area contributed by atoms with Gasteiger partial charge in [0.2, 0.25) is 5.91 Å². The first kappa shape index (κ1) is 16.4. The summed E-state index contributed by atoms with van der Waals surface area (Å²) in [6, 6.07) is 6.37. The molecule has 1 aromatic carbocycles. The Morgan fingerprint density at radius 1 is 1.35 bits per heavy atom. The maximum absolute atomic E-state index is 13.9. The molecule has 2 fully saturated rings. The highest BCUT2D eigenvalue weighted by molar-refractivity contribution is 7.91. The third kappa shape index (κ3) is 3.42. The standard InChI is InChI=1S/C17H22FNO3S/c1-2-8-19(12-7-9-23(21,22)11-12)17(20)15-10-14(15)13-5-3-4-6-16(13)18/h3-6,12,14-15H,2,7-11H2,1H3. The molecular weight excluding hydrogens is 317 g/mol. The highest BCUT2D eigenvalue weighted by Gasteiger charge is 2.48. The van der Waals surface area contributed by atoms with Gasteiger partial charge in [-0.05, 0) is 36.8 Å². The molecule has 1 aliphatic heterocycles. The summed E-state index contributed by atoms with van der Waals surface area (Å²) >= 11 is 0. The van der Waals surface area contributed by atoms with Crippen LogP contribution in [0.2, 0.25) is 0 Å². The molecule has 3 atom stereocenters. The van der Waals surface area contributed by atoms with E-state index in [0.717, 1.165) is 6.42 Å².